The van der Waals surface area contributed by atoms with Crippen LogP contribution in [-0.2, 0) is 6.18 Å². The van der Waals surface area contributed by atoms with Gasteiger partial charge in [-0.25, -0.2) is 9.48 Å². The number of primary amides is 2. The Labute approximate surface area is 156 Å². The number of halogens is 3. The molecule has 2 aromatic carbocycles. The van der Waals surface area contributed by atoms with E-state index in [1.165, 1.54) is 23.0 Å². The summed E-state index contributed by atoms with van der Waals surface area (Å²) in [6, 6.07) is 10.6. The van der Waals surface area contributed by atoms with Gasteiger partial charge in [0.15, 0.2) is 5.69 Å². The van der Waals surface area contributed by atoms with Gasteiger partial charge in [0.25, 0.3) is 5.91 Å². The molecule has 10 heteroatoms. The van der Waals surface area contributed by atoms with Crippen LogP contribution in [0.2, 0.25) is 0 Å². The smallest absolute Gasteiger partial charge is 0.364 e. The van der Waals surface area contributed by atoms with Crippen LogP contribution < -0.4 is 16.8 Å². The molecule has 0 fully saturated rings. The predicted octanol–water partition coefficient (Wildman–Crippen LogP) is 3.15. The first kappa shape index (κ1) is 19.0. The summed E-state index contributed by atoms with van der Waals surface area (Å²) in [6.45, 7) is 0. The van der Waals surface area contributed by atoms with Crippen molar-refractivity contribution in [2.45, 2.75) is 6.18 Å². The third-order valence-corrected chi connectivity index (χ3v) is 3.88. The number of carbonyl (C=O) groups is 2. The maximum absolute atomic E-state index is 12.7. The Morgan fingerprint density at radius 2 is 1.46 bits per heavy atom. The fourth-order valence-electron chi connectivity index (χ4n) is 2.57. The van der Waals surface area contributed by atoms with Gasteiger partial charge in [0.05, 0.1) is 23.1 Å². The second kappa shape index (κ2) is 7.06. The van der Waals surface area contributed by atoms with Gasteiger partial charge in [-0.3, -0.25) is 4.79 Å². The molecule has 3 rings (SSSR count). The highest BCUT2D eigenvalue weighted by Gasteiger charge is 2.29. The van der Waals surface area contributed by atoms with Crippen molar-refractivity contribution in [1.29, 1.82) is 0 Å². The molecular weight excluding hydrogens is 375 g/mol. The summed E-state index contributed by atoms with van der Waals surface area (Å²) in [6.07, 6.45) is -3.02. The fourth-order valence-corrected chi connectivity index (χ4v) is 2.57. The summed E-state index contributed by atoms with van der Waals surface area (Å²) in [5, 5.41) is 6.28. The predicted molar refractivity (Wildman–Crippen MR) is 95.7 cm³/mol. The lowest BCUT2D eigenvalue weighted by Crippen LogP contribution is -2.22. The van der Waals surface area contributed by atoms with Gasteiger partial charge in [-0.05, 0) is 35.4 Å². The Bertz CT molecular complexity index is 1020. The van der Waals surface area contributed by atoms with Crippen molar-refractivity contribution in [2.75, 3.05) is 5.32 Å². The van der Waals surface area contributed by atoms with Crippen molar-refractivity contribution < 1.29 is 22.8 Å². The number of nitrogens with one attached hydrogen (secondary N) is 1. The van der Waals surface area contributed by atoms with E-state index in [1.807, 2.05) is 0 Å². The average Bonchev–Trinajstić information content (AvgIpc) is 3.04. The van der Waals surface area contributed by atoms with Crippen molar-refractivity contribution in [1.82, 2.24) is 9.78 Å². The first-order valence-corrected chi connectivity index (χ1v) is 7.89. The molecule has 0 bridgehead atoms. The van der Waals surface area contributed by atoms with Gasteiger partial charge < -0.3 is 16.8 Å². The largest absolute Gasteiger partial charge is 0.416 e. The molecule has 7 nitrogen and oxygen atoms in total. The number of nitrogens with two attached hydrogens (primary N) is 2. The van der Waals surface area contributed by atoms with Gasteiger partial charge in [0.1, 0.15) is 0 Å². The first-order chi connectivity index (χ1) is 13.1. The minimum atomic E-state index is -4.39. The number of hydrogen-bond acceptors (Lipinski definition) is 3. The third kappa shape index (κ3) is 3.95. The highest BCUT2D eigenvalue weighted by molar-refractivity contribution is 6.00. The number of rotatable bonds is 4. The van der Waals surface area contributed by atoms with Crippen LogP contribution in [0.3, 0.4) is 0 Å². The lowest BCUT2D eigenvalue weighted by atomic mass is 10.0. The first-order valence-electron chi connectivity index (χ1n) is 7.89. The van der Waals surface area contributed by atoms with Crippen LogP contribution in [0.4, 0.5) is 23.7 Å². The molecule has 1 heterocycles. The Morgan fingerprint density at radius 1 is 0.929 bits per heavy atom. The molecular formula is C18H14F3N5O2. The number of amides is 3. The summed E-state index contributed by atoms with van der Waals surface area (Å²) in [5.41, 5.74) is 11.3. The van der Waals surface area contributed by atoms with E-state index in [9.17, 15) is 22.8 Å². The van der Waals surface area contributed by atoms with Crippen molar-refractivity contribution in [3.05, 3.63) is 66.0 Å². The topological polar surface area (TPSA) is 116 Å². The van der Waals surface area contributed by atoms with E-state index >= 15 is 0 Å². The van der Waals surface area contributed by atoms with Gasteiger partial charge in [-0.1, -0.05) is 24.3 Å². The number of benzene rings is 2. The van der Waals surface area contributed by atoms with Crippen LogP contribution >= 0.6 is 0 Å². The summed E-state index contributed by atoms with van der Waals surface area (Å²) in [7, 11) is 0. The molecule has 3 amide bonds. The molecule has 0 radical (unpaired) electrons. The van der Waals surface area contributed by atoms with E-state index in [4.69, 9.17) is 11.5 Å². The molecule has 0 atom stereocenters. The summed E-state index contributed by atoms with van der Waals surface area (Å²) in [4.78, 5) is 22.5. The highest BCUT2D eigenvalue weighted by atomic mass is 19.4. The van der Waals surface area contributed by atoms with Gasteiger partial charge in [-0.15, -0.1) is 0 Å². The van der Waals surface area contributed by atoms with Crippen LogP contribution in [0.15, 0.2) is 54.7 Å². The van der Waals surface area contributed by atoms with E-state index in [2.05, 4.69) is 10.4 Å². The number of carbonyl (C=O) groups excluding carboxylic acids is 2. The lowest BCUT2D eigenvalue weighted by Gasteiger charge is -2.08. The Balaban J connectivity index is 1.88. The van der Waals surface area contributed by atoms with Crippen LogP contribution in [0.25, 0.3) is 16.8 Å². The van der Waals surface area contributed by atoms with E-state index in [-0.39, 0.29) is 11.4 Å². The second-order valence-electron chi connectivity index (χ2n) is 5.81. The number of anilines is 1. The van der Waals surface area contributed by atoms with Crippen LogP contribution in [0, 0.1) is 0 Å². The second-order valence-corrected chi connectivity index (χ2v) is 5.81. The average molecular weight is 389 g/mol. The van der Waals surface area contributed by atoms with E-state index in [0.717, 1.165) is 12.1 Å². The molecule has 0 unspecified atom stereocenters. The zero-order valence-corrected chi connectivity index (χ0v) is 14.2. The zero-order valence-electron chi connectivity index (χ0n) is 14.2. The summed E-state index contributed by atoms with van der Waals surface area (Å²) < 4.78 is 39.3. The van der Waals surface area contributed by atoms with Gasteiger partial charge >= 0.3 is 12.2 Å². The Hall–Kier alpha value is -3.82. The van der Waals surface area contributed by atoms with E-state index in [0.29, 0.717) is 16.8 Å². The number of hydrogen-bond donors (Lipinski definition) is 3. The molecule has 0 saturated heterocycles. The molecule has 0 aliphatic heterocycles. The van der Waals surface area contributed by atoms with Crippen LogP contribution in [-0.4, -0.2) is 21.7 Å². The van der Waals surface area contributed by atoms with E-state index in [1.54, 1.807) is 24.3 Å². The molecule has 28 heavy (non-hydrogen) atoms. The molecule has 3 aromatic rings. The maximum atomic E-state index is 12.7. The molecule has 1 aromatic heterocycles. The minimum absolute atomic E-state index is 0.0619. The van der Waals surface area contributed by atoms with Crippen LogP contribution in [0.1, 0.15) is 16.1 Å². The zero-order chi connectivity index (χ0) is 20.5. The third-order valence-electron chi connectivity index (χ3n) is 3.88. The maximum Gasteiger partial charge on any atom is 0.416 e. The molecule has 5 N–H and O–H groups in total. The fraction of sp³-hybridized carbons (Fsp3) is 0.0556. The molecule has 0 saturated carbocycles. The minimum Gasteiger partial charge on any atom is -0.364 e. The number of aromatic nitrogens is 2. The quantitative estimate of drug-likeness (QED) is 0.636. The van der Waals surface area contributed by atoms with Crippen molar-refractivity contribution in [3.8, 4) is 16.8 Å². The number of nitrogens with zero attached hydrogens (tertiary/aromatic N) is 2. The van der Waals surface area contributed by atoms with Crippen molar-refractivity contribution in [3.63, 3.8) is 0 Å². The highest BCUT2D eigenvalue weighted by Crippen LogP contribution is 2.31. The molecule has 144 valence electrons. The Kier molecular flexibility index (Phi) is 4.78. The summed E-state index contributed by atoms with van der Waals surface area (Å²) in [5.74, 6) is -0.844. The summed E-state index contributed by atoms with van der Waals surface area (Å²) >= 11 is 0. The normalized spacial score (nSPS) is 11.2. The SMILES string of the molecule is NC(=O)Nc1cn(-c2ccc(-c3ccc(C(F)(F)F)cc3)cc2)nc1C(N)=O. The van der Waals surface area contributed by atoms with Crippen LogP contribution in [0.5, 0.6) is 0 Å². The Morgan fingerprint density at radius 3 is 1.93 bits per heavy atom. The standard InChI is InChI=1S/C18H14F3N5O2/c19-18(20,21)12-5-1-10(2-6-12)11-3-7-13(8-4-11)26-9-14(24-17(23)28)15(25-26)16(22)27/h1-9H,(H2,22,27)(H3,23,24,28). The van der Waals surface area contributed by atoms with E-state index < -0.39 is 23.7 Å². The molecule has 0 spiro atoms. The lowest BCUT2D eigenvalue weighted by molar-refractivity contribution is -0.137. The van der Waals surface area contributed by atoms with Crippen molar-refractivity contribution in [2.24, 2.45) is 11.5 Å². The molecule has 0 aliphatic rings. The molecule has 0 aliphatic carbocycles. The van der Waals surface area contributed by atoms with Gasteiger partial charge in [0.2, 0.25) is 0 Å². The number of urea groups is 1. The van der Waals surface area contributed by atoms with Gasteiger partial charge in [0, 0.05) is 0 Å². The monoisotopic (exact) mass is 389 g/mol. The van der Waals surface area contributed by atoms with Gasteiger partial charge in [-0.2, -0.15) is 18.3 Å². The van der Waals surface area contributed by atoms with Crippen molar-refractivity contribution >= 4 is 17.6 Å². The number of alkyl halides is 3.